The Morgan fingerprint density at radius 2 is 1.09 bits per heavy atom. The van der Waals surface area contributed by atoms with Gasteiger partial charge in [-0.2, -0.15) is 0 Å². The number of benzene rings is 8. The van der Waals surface area contributed by atoms with Crippen LogP contribution in [0.15, 0.2) is 173 Å². The van der Waals surface area contributed by atoms with E-state index in [2.05, 4.69) is 158 Å². The molecule has 58 heavy (non-hydrogen) atoms. The topological polar surface area (TPSA) is 57.0 Å². The van der Waals surface area contributed by atoms with Crippen LogP contribution in [0.1, 0.15) is 25.0 Å². The van der Waals surface area contributed by atoms with Crippen LogP contribution in [0.2, 0.25) is 0 Å². The Hall–Kier alpha value is -7.50. The fourth-order valence-electron chi connectivity index (χ4n) is 9.82. The molecule has 0 unspecified atom stereocenters. The number of rotatable bonds is 3. The van der Waals surface area contributed by atoms with E-state index in [1.165, 1.54) is 22.3 Å². The predicted octanol–water partition coefficient (Wildman–Crippen LogP) is 14.2. The van der Waals surface area contributed by atoms with Crippen LogP contribution in [0.25, 0.3) is 116 Å². The molecular formula is C53H33N3O2. The summed E-state index contributed by atoms with van der Waals surface area (Å²) in [6.07, 6.45) is 0. The second-order valence-corrected chi connectivity index (χ2v) is 16.1. The van der Waals surface area contributed by atoms with Gasteiger partial charge in [-0.1, -0.05) is 117 Å². The molecular weight excluding hydrogens is 711 g/mol. The van der Waals surface area contributed by atoms with E-state index < -0.39 is 0 Å². The van der Waals surface area contributed by atoms with Crippen molar-refractivity contribution in [3.63, 3.8) is 0 Å². The highest BCUT2D eigenvalue weighted by Gasteiger charge is 2.35. The first-order chi connectivity index (χ1) is 28.5. The van der Waals surface area contributed by atoms with Crippen molar-refractivity contribution in [1.29, 1.82) is 0 Å². The van der Waals surface area contributed by atoms with Crippen LogP contribution in [-0.2, 0) is 5.41 Å². The van der Waals surface area contributed by atoms with Gasteiger partial charge in [0.25, 0.3) is 0 Å². The van der Waals surface area contributed by atoms with E-state index in [1.807, 2.05) is 24.3 Å². The van der Waals surface area contributed by atoms with E-state index in [0.29, 0.717) is 5.95 Å². The van der Waals surface area contributed by atoms with Crippen molar-refractivity contribution in [2.45, 2.75) is 19.3 Å². The minimum atomic E-state index is -0.134. The monoisotopic (exact) mass is 743 g/mol. The van der Waals surface area contributed by atoms with Gasteiger partial charge in [-0.25, -0.2) is 9.97 Å². The van der Waals surface area contributed by atoms with Crippen LogP contribution in [0.4, 0.5) is 0 Å². The maximum atomic E-state index is 6.75. The van der Waals surface area contributed by atoms with E-state index in [1.54, 1.807) is 0 Å². The molecule has 272 valence electrons. The first kappa shape index (κ1) is 31.7. The number of aromatic nitrogens is 3. The van der Waals surface area contributed by atoms with Gasteiger partial charge in [-0.05, 0) is 94.0 Å². The Morgan fingerprint density at radius 3 is 1.95 bits per heavy atom. The lowest BCUT2D eigenvalue weighted by Crippen LogP contribution is -2.15. The summed E-state index contributed by atoms with van der Waals surface area (Å²) < 4.78 is 15.2. The van der Waals surface area contributed by atoms with Crippen molar-refractivity contribution < 1.29 is 8.83 Å². The summed E-state index contributed by atoms with van der Waals surface area (Å²) in [5.74, 6) is 0.617. The highest BCUT2D eigenvalue weighted by atomic mass is 16.3. The summed E-state index contributed by atoms with van der Waals surface area (Å²) in [4.78, 5) is 10.8. The third-order valence-corrected chi connectivity index (χ3v) is 12.6. The zero-order chi connectivity index (χ0) is 38.3. The van der Waals surface area contributed by atoms with Gasteiger partial charge in [-0.3, -0.25) is 4.57 Å². The maximum absolute atomic E-state index is 6.75. The number of fused-ring (bicyclic) bond motifs is 14. The first-order valence-corrected chi connectivity index (χ1v) is 19.8. The van der Waals surface area contributed by atoms with Crippen molar-refractivity contribution in [1.82, 2.24) is 14.5 Å². The highest BCUT2D eigenvalue weighted by Crippen LogP contribution is 2.50. The van der Waals surface area contributed by atoms with Crippen LogP contribution >= 0.6 is 0 Å². The normalized spacial score (nSPS) is 13.5. The van der Waals surface area contributed by atoms with Crippen LogP contribution in [0.5, 0.6) is 0 Å². The number of hydrogen-bond donors (Lipinski definition) is 0. The molecule has 1 aliphatic carbocycles. The quantitative estimate of drug-likeness (QED) is 0.181. The van der Waals surface area contributed by atoms with Crippen LogP contribution in [0.3, 0.4) is 0 Å². The Kier molecular flexibility index (Phi) is 6.17. The molecule has 0 saturated heterocycles. The molecule has 0 aliphatic heterocycles. The van der Waals surface area contributed by atoms with E-state index in [4.69, 9.17) is 18.8 Å². The van der Waals surface area contributed by atoms with E-state index in [9.17, 15) is 0 Å². The summed E-state index contributed by atoms with van der Waals surface area (Å²) in [7, 11) is 0. The number of hydrogen-bond acceptors (Lipinski definition) is 4. The molecule has 0 fully saturated rings. The highest BCUT2D eigenvalue weighted by molar-refractivity contribution is 6.24. The number of furan rings is 2. The maximum Gasteiger partial charge on any atom is 0.235 e. The second kappa shape index (κ2) is 11.3. The zero-order valence-corrected chi connectivity index (χ0v) is 31.7. The number of para-hydroxylation sites is 3. The lowest BCUT2D eigenvalue weighted by molar-refractivity contribution is 0.660. The van der Waals surface area contributed by atoms with Crippen LogP contribution in [0, 0.1) is 0 Å². The van der Waals surface area contributed by atoms with Gasteiger partial charge in [0.05, 0.1) is 27.6 Å². The van der Waals surface area contributed by atoms with Crippen LogP contribution in [-0.4, -0.2) is 14.5 Å². The third-order valence-electron chi connectivity index (χ3n) is 12.6. The lowest BCUT2D eigenvalue weighted by atomic mass is 9.82. The largest absolute Gasteiger partial charge is 0.456 e. The van der Waals surface area contributed by atoms with Crippen molar-refractivity contribution in [2.75, 3.05) is 0 Å². The first-order valence-electron chi connectivity index (χ1n) is 19.8. The van der Waals surface area contributed by atoms with Crippen molar-refractivity contribution in [3.05, 3.63) is 175 Å². The molecule has 0 amide bonds. The molecule has 0 N–H and O–H groups in total. The van der Waals surface area contributed by atoms with Gasteiger partial charge >= 0.3 is 0 Å². The standard InChI is InChI=1S/C53H33N3O2/c1-53(2)41-15-7-3-11-33(41)34-22-19-32(29-42(34)53)50-38-14-4-8-16-43(38)54-52(55-50)56-44-24-20-30(31-21-26-48-39(27-31)36-13-6-9-17-46(36)57-48)28-40(44)49-45(56)25-23-37-35-12-5-10-18-47(35)58-51(37)49/h3-29H,1-2H3. The van der Waals surface area contributed by atoms with Gasteiger partial charge in [0.15, 0.2) is 0 Å². The van der Waals surface area contributed by atoms with Crippen molar-refractivity contribution in [2.24, 2.45) is 0 Å². The fraction of sp³-hybridized carbons (Fsp3) is 0.0566. The molecule has 4 aromatic heterocycles. The average molecular weight is 744 g/mol. The van der Waals surface area contributed by atoms with E-state index in [0.717, 1.165) is 99.0 Å². The fourth-order valence-corrected chi connectivity index (χ4v) is 9.82. The second-order valence-electron chi connectivity index (χ2n) is 16.1. The Balaban J connectivity index is 1.08. The van der Waals surface area contributed by atoms with Crippen molar-refractivity contribution in [3.8, 4) is 39.5 Å². The van der Waals surface area contributed by atoms with Gasteiger partial charge in [0.2, 0.25) is 5.95 Å². The molecule has 0 atom stereocenters. The molecule has 0 spiro atoms. The van der Waals surface area contributed by atoms with Crippen LogP contribution < -0.4 is 0 Å². The zero-order valence-electron chi connectivity index (χ0n) is 31.7. The Labute approximate surface area is 332 Å². The summed E-state index contributed by atoms with van der Waals surface area (Å²) >= 11 is 0. The molecule has 1 aliphatic rings. The molecule has 0 saturated carbocycles. The molecule has 5 heteroatoms. The molecule has 4 heterocycles. The summed E-state index contributed by atoms with van der Waals surface area (Å²) in [5.41, 5.74) is 15.7. The number of nitrogens with zero attached hydrogens (tertiary/aromatic N) is 3. The summed E-state index contributed by atoms with van der Waals surface area (Å²) in [6, 6.07) is 58.1. The summed E-state index contributed by atoms with van der Waals surface area (Å²) in [6.45, 7) is 4.65. The Bertz CT molecular complexity index is 3730. The third kappa shape index (κ3) is 4.25. The minimum Gasteiger partial charge on any atom is -0.456 e. The van der Waals surface area contributed by atoms with Gasteiger partial charge < -0.3 is 8.83 Å². The molecule has 12 aromatic rings. The molecule has 13 rings (SSSR count). The lowest BCUT2D eigenvalue weighted by Gasteiger charge is -2.22. The molecule has 0 radical (unpaired) electrons. The van der Waals surface area contributed by atoms with E-state index in [-0.39, 0.29) is 5.41 Å². The van der Waals surface area contributed by atoms with Gasteiger partial charge in [-0.15, -0.1) is 0 Å². The SMILES string of the molecule is CC1(C)c2ccccc2-c2ccc(-c3nc(-n4c5ccc(-c6ccc7oc8ccccc8c7c6)cc5c5c6oc7ccccc7c6ccc54)nc4ccccc34)cc21. The molecule has 5 nitrogen and oxygen atoms in total. The smallest absolute Gasteiger partial charge is 0.235 e. The van der Waals surface area contributed by atoms with Gasteiger partial charge in [0, 0.05) is 43.3 Å². The molecule has 0 bridgehead atoms. The average Bonchev–Trinajstić information content (AvgIpc) is 3.99. The minimum absolute atomic E-state index is 0.134. The molecule has 8 aromatic carbocycles. The van der Waals surface area contributed by atoms with Crippen molar-refractivity contribution >= 4 is 76.6 Å². The Morgan fingerprint density at radius 1 is 0.448 bits per heavy atom. The van der Waals surface area contributed by atoms with E-state index >= 15 is 0 Å². The van der Waals surface area contributed by atoms with Gasteiger partial charge in [0.1, 0.15) is 22.3 Å². The predicted molar refractivity (Wildman–Crippen MR) is 237 cm³/mol. The summed E-state index contributed by atoms with van der Waals surface area (Å²) in [5, 5.41) is 7.53.